The first-order valence-electron chi connectivity index (χ1n) is 5.13. The average molecular weight is 228 g/mol. The van der Waals surface area contributed by atoms with Crippen LogP contribution in [0.25, 0.3) is 0 Å². The molecule has 0 radical (unpaired) electrons. The summed E-state index contributed by atoms with van der Waals surface area (Å²) in [6.07, 6.45) is 0. The predicted molar refractivity (Wildman–Crippen MR) is 65.7 cm³/mol. The van der Waals surface area contributed by atoms with Crippen LogP contribution in [0.1, 0.15) is 24.8 Å². The molecule has 0 fully saturated rings. The molecule has 0 aliphatic heterocycles. The molecule has 0 heterocycles. The van der Waals surface area contributed by atoms with Crippen molar-refractivity contribution in [2.75, 3.05) is 19.0 Å². The maximum atomic E-state index is 6.10. The molecule has 84 valence electrons. The summed E-state index contributed by atoms with van der Waals surface area (Å²) in [5, 5.41) is 3.40. The highest BCUT2D eigenvalue weighted by molar-refractivity contribution is 6.21. The Hall–Kier alpha value is -0.730. The smallest absolute Gasteiger partial charge is 0.0661 e. The van der Waals surface area contributed by atoms with Crippen LogP contribution in [0.5, 0.6) is 0 Å². The van der Waals surface area contributed by atoms with Gasteiger partial charge in [0.25, 0.3) is 0 Å². The van der Waals surface area contributed by atoms with Crippen molar-refractivity contribution >= 4 is 17.3 Å². The molecule has 2 nitrogen and oxygen atoms in total. The van der Waals surface area contributed by atoms with Crippen molar-refractivity contribution < 1.29 is 4.74 Å². The fourth-order valence-electron chi connectivity index (χ4n) is 1.53. The number of hydrogen-bond donors (Lipinski definition) is 1. The molecule has 0 saturated heterocycles. The molecule has 0 aromatic heterocycles. The van der Waals surface area contributed by atoms with Crippen LogP contribution in [0.4, 0.5) is 5.69 Å². The minimum absolute atomic E-state index is 0.0171. The highest BCUT2D eigenvalue weighted by Crippen LogP contribution is 2.27. The number of anilines is 1. The van der Waals surface area contributed by atoms with Gasteiger partial charge in [-0.3, -0.25) is 0 Å². The minimum atomic E-state index is 0.0171. The zero-order valence-electron chi connectivity index (χ0n) is 9.46. The number of benzene rings is 1. The quantitative estimate of drug-likeness (QED) is 0.779. The van der Waals surface area contributed by atoms with E-state index >= 15 is 0 Å². The molecule has 0 spiro atoms. The largest absolute Gasteiger partial charge is 0.383 e. The third kappa shape index (κ3) is 3.73. The first-order chi connectivity index (χ1) is 7.15. The Morgan fingerprint density at radius 2 is 2.00 bits per heavy atom. The van der Waals surface area contributed by atoms with E-state index in [9.17, 15) is 0 Å². The minimum Gasteiger partial charge on any atom is -0.383 e. The van der Waals surface area contributed by atoms with Crippen molar-refractivity contribution in [3.05, 3.63) is 29.8 Å². The first kappa shape index (κ1) is 12.3. The van der Waals surface area contributed by atoms with Gasteiger partial charge in [0.2, 0.25) is 0 Å². The molecule has 1 aromatic rings. The molecule has 0 amide bonds. The lowest BCUT2D eigenvalue weighted by atomic mass is 10.1. The Bertz CT molecular complexity index is 301. The lowest BCUT2D eigenvalue weighted by molar-refractivity contribution is 0.190. The monoisotopic (exact) mass is 227 g/mol. The molecule has 1 aromatic carbocycles. The van der Waals surface area contributed by atoms with Crippen LogP contribution >= 0.6 is 11.6 Å². The van der Waals surface area contributed by atoms with Gasteiger partial charge in [-0.2, -0.15) is 0 Å². The third-order valence-corrected chi connectivity index (χ3v) is 2.44. The number of nitrogens with one attached hydrogen (secondary N) is 1. The molecule has 0 bridgehead atoms. The first-order valence-corrected chi connectivity index (χ1v) is 5.57. The van der Waals surface area contributed by atoms with Crippen molar-refractivity contribution in [2.24, 2.45) is 0 Å². The molecule has 1 rings (SSSR count). The number of rotatable bonds is 5. The summed E-state index contributed by atoms with van der Waals surface area (Å²) in [5.41, 5.74) is 2.21. The molecule has 0 saturated carbocycles. The van der Waals surface area contributed by atoms with Crippen molar-refractivity contribution in [3.63, 3.8) is 0 Å². The van der Waals surface area contributed by atoms with Crippen LogP contribution in [0.3, 0.4) is 0 Å². The van der Waals surface area contributed by atoms with Gasteiger partial charge < -0.3 is 10.1 Å². The number of alkyl halides is 1. The van der Waals surface area contributed by atoms with Gasteiger partial charge in [-0.1, -0.05) is 18.2 Å². The van der Waals surface area contributed by atoms with E-state index in [1.54, 1.807) is 7.11 Å². The van der Waals surface area contributed by atoms with Crippen LogP contribution < -0.4 is 5.32 Å². The van der Waals surface area contributed by atoms with Crippen molar-refractivity contribution in [3.8, 4) is 0 Å². The van der Waals surface area contributed by atoms with Crippen molar-refractivity contribution in [1.29, 1.82) is 0 Å². The summed E-state index contributed by atoms with van der Waals surface area (Å²) < 4.78 is 5.08. The van der Waals surface area contributed by atoms with Crippen LogP contribution in [-0.2, 0) is 4.74 Å². The van der Waals surface area contributed by atoms with E-state index in [0.29, 0.717) is 6.61 Å². The maximum Gasteiger partial charge on any atom is 0.0661 e. The second-order valence-electron chi connectivity index (χ2n) is 3.70. The number of hydrogen-bond acceptors (Lipinski definition) is 2. The van der Waals surface area contributed by atoms with E-state index in [1.807, 2.05) is 31.2 Å². The molecule has 1 N–H and O–H groups in total. The Kier molecular flexibility index (Phi) is 4.92. The standard InChI is InChI=1S/C12H18ClNO/c1-9(8-15-3)14-12-7-5-4-6-11(12)10(2)13/h4-7,9-10,14H,8H2,1-3H3. The Labute approximate surface area is 96.6 Å². The molecule has 15 heavy (non-hydrogen) atoms. The summed E-state index contributed by atoms with van der Waals surface area (Å²) >= 11 is 6.10. The van der Waals surface area contributed by atoms with E-state index in [1.165, 1.54) is 0 Å². The molecule has 3 heteroatoms. The number of halogens is 1. The summed E-state index contributed by atoms with van der Waals surface area (Å²) in [5.74, 6) is 0. The van der Waals surface area contributed by atoms with Gasteiger partial charge in [-0.25, -0.2) is 0 Å². The molecule has 0 aliphatic carbocycles. The van der Waals surface area contributed by atoms with Gasteiger partial charge in [-0.05, 0) is 25.5 Å². The van der Waals surface area contributed by atoms with Crippen molar-refractivity contribution in [1.82, 2.24) is 0 Å². The summed E-state index contributed by atoms with van der Waals surface area (Å²) in [6.45, 7) is 4.74. The van der Waals surface area contributed by atoms with Crippen LogP contribution in [0, 0.1) is 0 Å². The Balaban J connectivity index is 2.75. The maximum absolute atomic E-state index is 6.10. The second kappa shape index (κ2) is 5.99. The van der Waals surface area contributed by atoms with Gasteiger partial charge >= 0.3 is 0 Å². The van der Waals surface area contributed by atoms with Crippen LogP contribution in [0.2, 0.25) is 0 Å². The lowest BCUT2D eigenvalue weighted by Gasteiger charge is -2.18. The fourth-order valence-corrected chi connectivity index (χ4v) is 1.72. The fraction of sp³-hybridized carbons (Fsp3) is 0.500. The zero-order chi connectivity index (χ0) is 11.3. The highest BCUT2D eigenvalue weighted by Gasteiger charge is 2.09. The molecule has 2 unspecified atom stereocenters. The van der Waals surface area contributed by atoms with Crippen molar-refractivity contribution in [2.45, 2.75) is 25.3 Å². The van der Waals surface area contributed by atoms with Crippen LogP contribution in [-0.4, -0.2) is 19.8 Å². The van der Waals surface area contributed by atoms with E-state index in [2.05, 4.69) is 12.2 Å². The SMILES string of the molecule is COCC(C)Nc1ccccc1C(C)Cl. The molecular formula is C12H18ClNO. The number of methoxy groups -OCH3 is 1. The molecular weight excluding hydrogens is 210 g/mol. The van der Waals surface area contributed by atoms with Gasteiger partial charge in [0, 0.05) is 18.8 Å². The van der Waals surface area contributed by atoms with Gasteiger partial charge in [0.1, 0.15) is 0 Å². The summed E-state index contributed by atoms with van der Waals surface area (Å²) in [7, 11) is 1.70. The highest BCUT2D eigenvalue weighted by atomic mass is 35.5. The van der Waals surface area contributed by atoms with E-state index < -0.39 is 0 Å². The van der Waals surface area contributed by atoms with Gasteiger partial charge in [0.05, 0.1) is 12.0 Å². The Morgan fingerprint density at radius 1 is 1.33 bits per heavy atom. The van der Waals surface area contributed by atoms with E-state index in [0.717, 1.165) is 11.3 Å². The normalized spacial score (nSPS) is 14.7. The number of para-hydroxylation sites is 1. The third-order valence-electron chi connectivity index (χ3n) is 2.21. The van der Waals surface area contributed by atoms with E-state index in [-0.39, 0.29) is 11.4 Å². The molecule has 2 atom stereocenters. The van der Waals surface area contributed by atoms with Crippen LogP contribution in [0.15, 0.2) is 24.3 Å². The van der Waals surface area contributed by atoms with Gasteiger partial charge in [0.15, 0.2) is 0 Å². The van der Waals surface area contributed by atoms with E-state index in [4.69, 9.17) is 16.3 Å². The van der Waals surface area contributed by atoms with Gasteiger partial charge in [-0.15, -0.1) is 11.6 Å². The average Bonchev–Trinajstić information content (AvgIpc) is 2.18. The topological polar surface area (TPSA) is 21.3 Å². The summed E-state index contributed by atoms with van der Waals surface area (Å²) in [6, 6.07) is 8.37. The number of ether oxygens (including phenoxy) is 1. The molecule has 0 aliphatic rings. The Morgan fingerprint density at radius 3 is 2.60 bits per heavy atom. The lowest BCUT2D eigenvalue weighted by Crippen LogP contribution is -2.21. The summed E-state index contributed by atoms with van der Waals surface area (Å²) in [4.78, 5) is 0. The second-order valence-corrected chi connectivity index (χ2v) is 4.36. The zero-order valence-corrected chi connectivity index (χ0v) is 10.2. The predicted octanol–water partition coefficient (Wildman–Crippen LogP) is 3.43.